The predicted molar refractivity (Wildman–Crippen MR) is 106 cm³/mol. The quantitative estimate of drug-likeness (QED) is 0.677. The molecule has 0 amide bonds. The average molecular weight is 363 g/mol. The van der Waals surface area contributed by atoms with Crippen LogP contribution in [-0.4, -0.2) is 41.0 Å². The second-order valence-electron chi connectivity index (χ2n) is 6.32. The lowest BCUT2D eigenvalue weighted by Gasteiger charge is -2.13. The fourth-order valence-electron chi connectivity index (χ4n) is 2.58. The molecule has 0 unspecified atom stereocenters. The number of Topliss-reactive ketones (excluding diaryl/α,β-unsaturated/α-hetero) is 1. The highest BCUT2D eigenvalue weighted by atomic mass is 16.1. The third kappa shape index (κ3) is 4.20. The Morgan fingerprint density at radius 1 is 1.11 bits per heavy atom. The van der Waals surface area contributed by atoms with Gasteiger partial charge in [-0.3, -0.25) is 19.1 Å². The Morgan fingerprint density at radius 3 is 2.41 bits per heavy atom. The molecule has 0 aliphatic rings. The molecule has 1 N–H and O–H groups in total. The van der Waals surface area contributed by atoms with Gasteiger partial charge in [0.1, 0.15) is 0 Å². The van der Waals surface area contributed by atoms with Crippen molar-refractivity contribution < 1.29 is 4.79 Å². The van der Waals surface area contributed by atoms with E-state index in [1.54, 1.807) is 43.7 Å². The Hall–Kier alpha value is -3.48. The average Bonchev–Trinajstić information content (AvgIpc) is 2.69. The normalized spacial score (nSPS) is 10.5. The molecule has 0 aliphatic heterocycles. The molecule has 0 radical (unpaired) electrons. The zero-order chi connectivity index (χ0) is 19.4. The van der Waals surface area contributed by atoms with Crippen molar-refractivity contribution in [1.82, 2.24) is 14.5 Å². The van der Waals surface area contributed by atoms with E-state index in [9.17, 15) is 9.59 Å². The standard InChI is InChI=1S/C20H21N5O2/c1-24(2)16-6-4-15(5-7-16)18(26)13-22-20-23-17(12-19(27)25(20)3)14-8-10-21-11-9-14/h4-12H,13H2,1-3H3,(H,22,23). The van der Waals surface area contributed by atoms with Crippen molar-refractivity contribution in [3.63, 3.8) is 0 Å². The van der Waals surface area contributed by atoms with Crippen LogP contribution in [0.2, 0.25) is 0 Å². The van der Waals surface area contributed by atoms with Crippen molar-refractivity contribution >= 4 is 17.4 Å². The van der Waals surface area contributed by atoms with Gasteiger partial charge in [0.05, 0.1) is 12.2 Å². The largest absolute Gasteiger partial charge is 0.378 e. The summed E-state index contributed by atoms with van der Waals surface area (Å²) in [5, 5.41) is 2.98. The number of carbonyl (C=O) groups excluding carboxylic acids is 1. The topological polar surface area (TPSA) is 80.1 Å². The lowest BCUT2D eigenvalue weighted by molar-refractivity contribution is 0.101. The van der Waals surface area contributed by atoms with Crippen molar-refractivity contribution in [3.8, 4) is 11.3 Å². The van der Waals surface area contributed by atoms with E-state index in [1.807, 2.05) is 31.1 Å². The molecule has 0 aliphatic carbocycles. The van der Waals surface area contributed by atoms with E-state index in [4.69, 9.17) is 0 Å². The van der Waals surface area contributed by atoms with Gasteiger partial charge >= 0.3 is 0 Å². The SMILES string of the molecule is CN(C)c1ccc(C(=O)CNc2nc(-c3ccncc3)cc(=O)n2C)cc1. The number of rotatable bonds is 6. The molecule has 2 heterocycles. The first-order valence-corrected chi connectivity index (χ1v) is 8.48. The number of nitrogens with zero attached hydrogens (tertiary/aromatic N) is 4. The summed E-state index contributed by atoms with van der Waals surface area (Å²) in [6, 6.07) is 12.4. The zero-order valence-electron chi connectivity index (χ0n) is 15.5. The summed E-state index contributed by atoms with van der Waals surface area (Å²) in [5.41, 5.74) is 2.74. The molecule has 0 spiro atoms. The number of pyridine rings is 1. The van der Waals surface area contributed by atoms with Gasteiger partial charge in [-0.15, -0.1) is 0 Å². The number of hydrogen-bond donors (Lipinski definition) is 1. The number of aromatic nitrogens is 3. The third-order valence-electron chi connectivity index (χ3n) is 4.22. The molecule has 2 aromatic heterocycles. The maximum Gasteiger partial charge on any atom is 0.255 e. The number of hydrogen-bond acceptors (Lipinski definition) is 6. The van der Waals surface area contributed by atoms with Crippen LogP contribution in [0.5, 0.6) is 0 Å². The number of carbonyl (C=O) groups is 1. The molecular formula is C20H21N5O2. The van der Waals surface area contributed by atoms with Gasteiger partial charge in [0.2, 0.25) is 5.95 Å². The molecule has 0 atom stereocenters. The summed E-state index contributed by atoms with van der Waals surface area (Å²) in [5.74, 6) is 0.261. The van der Waals surface area contributed by atoms with Crippen molar-refractivity contribution in [2.45, 2.75) is 0 Å². The highest BCUT2D eigenvalue weighted by Gasteiger charge is 2.11. The molecule has 0 saturated carbocycles. The number of benzene rings is 1. The molecule has 0 fully saturated rings. The van der Waals surface area contributed by atoms with E-state index >= 15 is 0 Å². The molecule has 0 saturated heterocycles. The lowest BCUT2D eigenvalue weighted by atomic mass is 10.1. The molecule has 27 heavy (non-hydrogen) atoms. The first-order chi connectivity index (χ1) is 13.0. The summed E-state index contributed by atoms with van der Waals surface area (Å²) in [7, 11) is 5.51. The number of nitrogens with one attached hydrogen (secondary N) is 1. The van der Waals surface area contributed by atoms with Gasteiger partial charge in [-0.05, 0) is 36.4 Å². The van der Waals surface area contributed by atoms with Crippen molar-refractivity contribution in [2.75, 3.05) is 30.9 Å². The minimum absolute atomic E-state index is 0.0430. The molecule has 1 aromatic carbocycles. The Bertz CT molecular complexity index is 995. The second-order valence-corrected chi connectivity index (χ2v) is 6.32. The van der Waals surface area contributed by atoms with E-state index in [1.165, 1.54) is 10.6 Å². The molecule has 3 rings (SSSR count). The van der Waals surface area contributed by atoms with Crippen LogP contribution in [0, 0.1) is 0 Å². The van der Waals surface area contributed by atoms with Crippen molar-refractivity contribution in [2.24, 2.45) is 7.05 Å². The van der Waals surface area contributed by atoms with E-state index < -0.39 is 0 Å². The van der Waals surface area contributed by atoms with E-state index in [0.717, 1.165) is 11.3 Å². The van der Waals surface area contributed by atoms with E-state index in [2.05, 4.69) is 15.3 Å². The minimum atomic E-state index is -0.206. The Kier molecular flexibility index (Phi) is 5.30. The van der Waals surface area contributed by atoms with Crippen LogP contribution in [0.4, 0.5) is 11.6 Å². The van der Waals surface area contributed by atoms with Crippen LogP contribution >= 0.6 is 0 Å². The summed E-state index contributed by atoms with van der Waals surface area (Å²) in [4.78, 5) is 35.1. The number of anilines is 2. The second kappa shape index (κ2) is 7.82. The molecule has 3 aromatic rings. The maximum absolute atomic E-state index is 12.5. The van der Waals surface area contributed by atoms with Gasteiger partial charge in [0.25, 0.3) is 5.56 Å². The summed E-state index contributed by atoms with van der Waals surface area (Å²) in [6.45, 7) is 0.0430. The van der Waals surface area contributed by atoms with Crippen LogP contribution < -0.4 is 15.8 Å². The lowest BCUT2D eigenvalue weighted by Crippen LogP contribution is -2.24. The summed E-state index contributed by atoms with van der Waals surface area (Å²) in [6.07, 6.45) is 3.28. The van der Waals surface area contributed by atoms with Crippen LogP contribution in [-0.2, 0) is 7.05 Å². The molecular weight excluding hydrogens is 342 g/mol. The maximum atomic E-state index is 12.5. The predicted octanol–water partition coefficient (Wildman–Crippen LogP) is 2.20. The van der Waals surface area contributed by atoms with Gasteiger partial charge in [-0.2, -0.15) is 0 Å². The number of ketones is 1. The Balaban J connectivity index is 1.78. The van der Waals surface area contributed by atoms with Gasteiger partial charge in [0, 0.05) is 56.4 Å². The highest BCUT2D eigenvalue weighted by molar-refractivity contribution is 5.99. The first-order valence-electron chi connectivity index (χ1n) is 8.48. The fraction of sp³-hybridized carbons (Fsp3) is 0.200. The first kappa shape index (κ1) is 18.3. The van der Waals surface area contributed by atoms with Crippen LogP contribution in [0.3, 0.4) is 0 Å². The van der Waals surface area contributed by atoms with Gasteiger partial charge in [-0.1, -0.05) is 0 Å². The molecule has 138 valence electrons. The Morgan fingerprint density at radius 2 is 1.78 bits per heavy atom. The summed E-state index contributed by atoms with van der Waals surface area (Å²) >= 11 is 0. The Labute approximate surface area is 157 Å². The smallest absolute Gasteiger partial charge is 0.255 e. The molecule has 0 bridgehead atoms. The zero-order valence-corrected chi connectivity index (χ0v) is 15.5. The van der Waals surface area contributed by atoms with Gasteiger partial charge in [0.15, 0.2) is 5.78 Å². The molecule has 7 heteroatoms. The minimum Gasteiger partial charge on any atom is -0.378 e. The van der Waals surface area contributed by atoms with E-state index in [-0.39, 0.29) is 17.9 Å². The molecule has 7 nitrogen and oxygen atoms in total. The van der Waals surface area contributed by atoms with Crippen LogP contribution in [0.1, 0.15) is 10.4 Å². The van der Waals surface area contributed by atoms with Gasteiger partial charge < -0.3 is 10.2 Å². The highest BCUT2D eigenvalue weighted by Crippen LogP contribution is 2.16. The van der Waals surface area contributed by atoms with Crippen LogP contribution in [0.15, 0.2) is 59.7 Å². The fourth-order valence-corrected chi connectivity index (χ4v) is 2.58. The monoisotopic (exact) mass is 363 g/mol. The van der Waals surface area contributed by atoms with Crippen molar-refractivity contribution in [1.29, 1.82) is 0 Å². The van der Waals surface area contributed by atoms with Crippen molar-refractivity contribution in [3.05, 3.63) is 70.8 Å². The summed E-state index contributed by atoms with van der Waals surface area (Å²) < 4.78 is 1.38. The van der Waals surface area contributed by atoms with Crippen LogP contribution in [0.25, 0.3) is 11.3 Å². The van der Waals surface area contributed by atoms with E-state index in [0.29, 0.717) is 17.2 Å². The third-order valence-corrected chi connectivity index (χ3v) is 4.22. The van der Waals surface area contributed by atoms with Gasteiger partial charge in [-0.25, -0.2) is 4.98 Å².